The highest BCUT2D eigenvalue weighted by atomic mass is 16.5. The van der Waals surface area contributed by atoms with Gasteiger partial charge in [0.2, 0.25) is 11.8 Å². The topological polar surface area (TPSA) is 58.6 Å². The zero-order valence-electron chi connectivity index (χ0n) is 13.0. The quantitative estimate of drug-likeness (QED) is 0.743. The van der Waals surface area contributed by atoms with E-state index in [-0.39, 0.29) is 24.4 Å². The maximum absolute atomic E-state index is 11.9. The van der Waals surface area contributed by atoms with Crippen LogP contribution in [0.5, 0.6) is 0 Å². The van der Waals surface area contributed by atoms with Crippen LogP contribution >= 0.6 is 0 Å². The molecule has 0 radical (unpaired) electrons. The van der Waals surface area contributed by atoms with Crippen LogP contribution in [0.2, 0.25) is 0 Å². The standard InChI is InChI=1S/C16H24N2O3/c1-13(15-8-5-4-6-9-15)18(14(2)19)12-16(20)17-10-7-11-21-3/h4-6,8-9,13H,7,10-12H2,1-3H3,(H,17,20). The van der Waals surface area contributed by atoms with Crippen LogP contribution in [0.4, 0.5) is 0 Å². The Balaban J connectivity index is 2.57. The fourth-order valence-electron chi connectivity index (χ4n) is 2.09. The van der Waals surface area contributed by atoms with Crippen molar-refractivity contribution in [1.29, 1.82) is 0 Å². The zero-order chi connectivity index (χ0) is 15.7. The first-order chi connectivity index (χ1) is 10.1. The maximum atomic E-state index is 11.9. The summed E-state index contributed by atoms with van der Waals surface area (Å²) in [6, 6.07) is 9.56. The lowest BCUT2D eigenvalue weighted by Crippen LogP contribution is -2.41. The van der Waals surface area contributed by atoms with Crippen LogP contribution in [-0.4, -0.2) is 43.5 Å². The Bertz CT molecular complexity index is 448. The molecule has 1 atom stereocenters. The second-order valence-electron chi connectivity index (χ2n) is 4.93. The molecule has 116 valence electrons. The van der Waals surface area contributed by atoms with E-state index in [1.807, 2.05) is 37.3 Å². The van der Waals surface area contributed by atoms with E-state index in [4.69, 9.17) is 4.74 Å². The summed E-state index contributed by atoms with van der Waals surface area (Å²) < 4.78 is 4.92. The number of carbonyl (C=O) groups excluding carboxylic acids is 2. The predicted octanol–water partition coefficient (Wildman–Crippen LogP) is 1.75. The number of carbonyl (C=O) groups is 2. The van der Waals surface area contributed by atoms with Gasteiger partial charge in [-0.3, -0.25) is 9.59 Å². The summed E-state index contributed by atoms with van der Waals surface area (Å²) in [5, 5.41) is 2.80. The van der Waals surface area contributed by atoms with Gasteiger partial charge in [0.15, 0.2) is 0 Å². The van der Waals surface area contributed by atoms with E-state index in [0.717, 1.165) is 12.0 Å². The van der Waals surface area contributed by atoms with Crippen molar-refractivity contribution < 1.29 is 14.3 Å². The summed E-state index contributed by atoms with van der Waals surface area (Å²) in [5.74, 6) is -0.262. The van der Waals surface area contributed by atoms with E-state index in [2.05, 4.69) is 5.32 Å². The van der Waals surface area contributed by atoms with Crippen LogP contribution in [0.3, 0.4) is 0 Å². The van der Waals surface area contributed by atoms with Crippen molar-refractivity contribution in [2.45, 2.75) is 26.3 Å². The van der Waals surface area contributed by atoms with Gasteiger partial charge in [0, 0.05) is 27.2 Å². The first-order valence-electron chi connectivity index (χ1n) is 7.14. The minimum absolute atomic E-state index is 0.0678. The van der Waals surface area contributed by atoms with Crippen molar-refractivity contribution in [3.8, 4) is 0 Å². The Morgan fingerprint density at radius 1 is 1.29 bits per heavy atom. The number of amides is 2. The molecule has 0 aliphatic carbocycles. The van der Waals surface area contributed by atoms with Crippen molar-refractivity contribution in [2.24, 2.45) is 0 Å². The predicted molar refractivity (Wildman–Crippen MR) is 81.7 cm³/mol. The van der Waals surface area contributed by atoms with E-state index in [0.29, 0.717) is 13.2 Å². The Morgan fingerprint density at radius 2 is 1.95 bits per heavy atom. The van der Waals surface area contributed by atoms with Crippen molar-refractivity contribution >= 4 is 11.8 Å². The number of ether oxygens (including phenoxy) is 1. The summed E-state index contributed by atoms with van der Waals surface area (Å²) in [4.78, 5) is 25.3. The van der Waals surface area contributed by atoms with Gasteiger partial charge in [0.25, 0.3) is 0 Å². The largest absolute Gasteiger partial charge is 0.385 e. The van der Waals surface area contributed by atoms with E-state index in [9.17, 15) is 9.59 Å². The third-order valence-corrected chi connectivity index (χ3v) is 3.32. The van der Waals surface area contributed by atoms with Gasteiger partial charge in [-0.05, 0) is 18.9 Å². The molecule has 0 aromatic heterocycles. The highest BCUT2D eigenvalue weighted by Crippen LogP contribution is 2.19. The maximum Gasteiger partial charge on any atom is 0.239 e. The molecule has 0 spiro atoms. The summed E-state index contributed by atoms with van der Waals surface area (Å²) in [7, 11) is 1.63. The van der Waals surface area contributed by atoms with Crippen LogP contribution in [0.25, 0.3) is 0 Å². The molecule has 5 heteroatoms. The van der Waals surface area contributed by atoms with E-state index >= 15 is 0 Å². The molecule has 0 fully saturated rings. The Kier molecular flexibility index (Phi) is 7.46. The average Bonchev–Trinajstić information content (AvgIpc) is 2.49. The monoisotopic (exact) mass is 292 g/mol. The van der Waals surface area contributed by atoms with E-state index in [1.165, 1.54) is 6.92 Å². The van der Waals surface area contributed by atoms with Crippen LogP contribution in [0.15, 0.2) is 30.3 Å². The number of methoxy groups -OCH3 is 1. The summed E-state index contributed by atoms with van der Waals surface area (Å²) >= 11 is 0. The molecule has 1 N–H and O–H groups in total. The fourth-order valence-corrected chi connectivity index (χ4v) is 2.09. The van der Waals surface area contributed by atoms with Gasteiger partial charge in [-0.25, -0.2) is 0 Å². The van der Waals surface area contributed by atoms with Gasteiger partial charge in [0.05, 0.1) is 6.04 Å². The molecule has 1 unspecified atom stereocenters. The minimum Gasteiger partial charge on any atom is -0.385 e. The van der Waals surface area contributed by atoms with Gasteiger partial charge in [0.1, 0.15) is 6.54 Å². The van der Waals surface area contributed by atoms with Gasteiger partial charge in [-0.15, -0.1) is 0 Å². The molecule has 0 aliphatic heterocycles. The molecule has 1 aromatic rings. The summed E-state index contributed by atoms with van der Waals surface area (Å²) in [6.07, 6.45) is 0.760. The first kappa shape index (κ1) is 17.2. The Hall–Kier alpha value is -1.88. The molecule has 0 saturated heterocycles. The third kappa shape index (κ3) is 5.95. The second kappa shape index (κ2) is 9.13. The van der Waals surface area contributed by atoms with Crippen molar-refractivity contribution in [3.63, 3.8) is 0 Å². The smallest absolute Gasteiger partial charge is 0.239 e. The number of nitrogens with zero attached hydrogens (tertiary/aromatic N) is 1. The fraction of sp³-hybridized carbons (Fsp3) is 0.500. The minimum atomic E-state index is -0.149. The van der Waals surface area contributed by atoms with Crippen molar-refractivity contribution in [1.82, 2.24) is 10.2 Å². The second-order valence-corrected chi connectivity index (χ2v) is 4.93. The van der Waals surface area contributed by atoms with Crippen molar-refractivity contribution in [3.05, 3.63) is 35.9 Å². The zero-order valence-corrected chi connectivity index (χ0v) is 13.0. The third-order valence-electron chi connectivity index (χ3n) is 3.32. The van der Waals surface area contributed by atoms with Gasteiger partial charge >= 0.3 is 0 Å². The van der Waals surface area contributed by atoms with Crippen LogP contribution < -0.4 is 5.32 Å². The van der Waals surface area contributed by atoms with E-state index in [1.54, 1.807) is 12.0 Å². The van der Waals surface area contributed by atoms with Gasteiger partial charge < -0.3 is 15.0 Å². The molecule has 21 heavy (non-hydrogen) atoms. The molecule has 1 rings (SSSR count). The van der Waals surface area contributed by atoms with Gasteiger partial charge in [-0.1, -0.05) is 30.3 Å². The molecule has 0 heterocycles. The lowest BCUT2D eigenvalue weighted by atomic mass is 10.1. The molecule has 0 saturated carbocycles. The highest BCUT2D eigenvalue weighted by molar-refractivity contribution is 5.84. The molecule has 5 nitrogen and oxygen atoms in total. The highest BCUT2D eigenvalue weighted by Gasteiger charge is 2.20. The lowest BCUT2D eigenvalue weighted by molar-refractivity contribution is -0.136. The molecular weight excluding hydrogens is 268 g/mol. The Labute approximate surface area is 126 Å². The number of rotatable bonds is 8. The average molecular weight is 292 g/mol. The normalized spacial score (nSPS) is 11.8. The van der Waals surface area contributed by atoms with E-state index < -0.39 is 0 Å². The lowest BCUT2D eigenvalue weighted by Gasteiger charge is -2.28. The SMILES string of the molecule is COCCCNC(=O)CN(C(C)=O)C(C)c1ccccc1. The van der Waals surface area contributed by atoms with Crippen LogP contribution in [-0.2, 0) is 14.3 Å². The molecule has 1 aromatic carbocycles. The molecule has 2 amide bonds. The number of nitrogens with one attached hydrogen (secondary N) is 1. The molecule has 0 aliphatic rings. The van der Waals surface area contributed by atoms with Crippen LogP contribution in [0, 0.1) is 0 Å². The van der Waals surface area contributed by atoms with Crippen molar-refractivity contribution in [2.75, 3.05) is 26.8 Å². The van der Waals surface area contributed by atoms with Gasteiger partial charge in [-0.2, -0.15) is 0 Å². The summed E-state index contributed by atoms with van der Waals surface area (Å²) in [6.45, 7) is 4.64. The molecular formula is C16H24N2O3. The number of benzene rings is 1. The first-order valence-corrected chi connectivity index (χ1v) is 7.14. The molecule has 0 bridgehead atoms. The van der Waals surface area contributed by atoms with Crippen LogP contribution in [0.1, 0.15) is 31.9 Å². The Morgan fingerprint density at radius 3 is 2.52 bits per heavy atom. The number of hydrogen-bond donors (Lipinski definition) is 1. The summed E-state index contributed by atoms with van der Waals surface area (Å²) in [5.41, 5.74) is 1.01. The number of hydrogen-bond acceptors (Lipinski definition) is 3.